The van der Waals surface area contributed by atoms with Gasteiger partial charge in [0.25, 0.3) is 0 Å². The Hall–Kier alpha value is -1.07. The van der Waals surface area contributed by atoms with Crippen molar-refractivity contribution in [3.63, 3.8) is 0 Å². The van der Waals surface area contributed by atoms with Crippen LogP contribution in [-0.2, 0) is 10.9 Å². The molecule has 2 rings (SSSR count). The molecule has 1 saturated heterocycles. The second kappa shape index (κ2) is 7.27. The summed E-state index contributed by atoms with van der Waals surface area (Å²) in [6.07, 6.45) is 0.624. The number of benzene rings is 1. The minimum Gasteiger partial charge on any atom is -0.378 e. The lowest BCUT2D eigenvalue weighted by molar-refractivity contribution is -0.138. The van der Waals surface area contributed by atoms with Crippen LogP contribution in [0.15, 0.2) is 24.3 Å². The zero-order chi connectivity index (χ0) is 15.3. The summed E-state index contributed by atoms with van der Waals surface area (Å²) >= 11 is 0. The summed E-state index contributed by atoms with van der Waals surface area (Å²) in [4.78, 5) is 0. The smallest absolute Gasteiger partial charge is 0.378 e. The summed E-state index contributed by atoms with van der Waals surface area (Å²) in [5.41, 5.74) is -0.207. The number of ether oxygens (including phenoxy) is 1. The lowest BCUT2D eigenvalue weighted by Gasteiger charge is -2.22. The van der Waals surface area contributed by atoms with Gasteiger partial charge in [0.2, 0.25) is 0 Å². The van der Waals surface area contributed by atoms with Gasteiger partial charge in [0.1, 0.15) is 0 Å². The van der Waals surface area contributed by atoms with Crippen molar-refractivity contribution >= 4 is 0 Å². The number of alkyl halides is 3. The van der Waals surface area contributed by atoms with E-state index in [2.05, 4.69) is 5.32 Å². The lowest BCUT2D eigenvalue weighted by Crippen LogP contribution is -2.21. The van der Waals surface area contributed by atoms with Gasteiger partial charge in [0.15, 0.2) is 0 Å². The average Bonchev–Trinajstić information content (AvgIpc) is 2.96. The molecule has 1 fully saturated rings. The molecule has 0 aromatic heterocycles. The first kappa shape index (κ1) is 16.3. The normalized spacial score (nSPS) is 20.7. The van der Waals surface area contributed by atoms with E-state index in [4.69, 9.17) is 4.74 Å². The van der Waals surface area contributed by atoms with Crippen LogP contribution >= 0.6 is 0 Å². The van der Waals surface area contributed by atoms with Crippen LogP contribution in [0.5, 0.6) is 0 Å². The van der Waals surface area contributed by atoms with E-state index in [0.717, 1.165) is 38.4 Å². The number of hydrogen-bond acceptors (Lipinski definition) is 2. The summed E-state index contributed by atoms with van der Waals surface area (Å²) in [6.45, 7) is 0.816. The number of nitrogens with one attached hydrogen (secondary N) is 1. The van der Waals surface area contributed by atoms with E-state index in [1.807, 2.05) is 0 Å². The van der Waals surface area contributed by atoms with Crippen LogP contribution in [0.2, 0.25) is 0 Å². The molecule has 21 heavy (non-hydrogen) atoms. The van der Waals surface area contributed by atoms with Gasteiger partial charge >= 0.3 is 6.18 Å². The molecule has 1 heterocycles. The topological polar surface area (TPSA) is 21.3 Å². The first-order chi connectivity index (χ1) is 10.0. The van der Waals surface area contributed by atoms with Gasteiger partial charge in [0, 0.05) is 12.6 Å². The van der Waals surface area contributed by atoms with E-state index in [1.54, 1.807) is 19.2 Å². The predicted molar refractivity (Wildman–Crippen MR) is 76.1 cm³/mol. The van der Waals surface area contributed by atoms with E-state index >= 15 is 0 Å². The molecule has 0 radical (unpaired) electrons. The molecule has 5 heteroatoms. The summed E-state index contributed by atoms with van der Waals surface area (Å²) in [5.74, 6) is 0. The van der Waals surface area contributed by atoms with Gasteiger partial charge in [-0.15, -0.1) is 0 Å². The monoisotopic (exact) mass is 301 g/mol. The average molecular weight is 301 g/mol. The molecule has 0 amide bonds. The third-order valence-electron chi connectivity index (χ3n) is 4.03. The lowest BCUT2D eigenvalue weighted by atomic mass is 9.95. The highest BCUT2D eigenvalue weighted by Gasteiger charge is 2.34. The molecule has 0 saturated carbocycles. The molecule has 0 bridgehead atoms. The third-order valence-corrected chi connectivity index (χ3v) is 4.03. The Morgan fingerprint density at radius 2 is 2.10 bits per heavy atom. The molecule has 1 aromatic rings. The summed E-state index contributed by atoms with van der Waals surface area (Å²) < 4.78 is 44.7. The number of hydrogen-bond donors (Lipinski definition) is 1. The Bertz CT molecular complexity index is 441. The molecule has 2 unspecified atom stereocenters. The van der Waals surface area contributed by atoms with Gasteiger partial charge in [0.05, 0.1) is 11.7 Å². The minimum atomic E-state index is -4.31. The Kier molecular flexibility index (Phi) is 5.65. The highest BCUT2D eigenvalue weighted by Crippen LogP contribution is 2.35. The fraction of sp³-hybridized carbons (Fsp3) is 0.625. The molecule has 0 spiro atoms. The third kappa shape index (κ3) is 4.45. The van der Waals surface area contributed by atoms with Crippen LogP contribution < -0.4 is 5.32 Å². The summed E-state index contributed by atoms with van der Waals surface area (Å²) in [5, 5.41) is 3.02. The van der Waals surface area contributed by atoms with E-state index in [0.29, 0.717) is 18.1 Å². The largest absolute Gasteiger partial charge is 0.416 e. The Morgan fingerprint density at radius 3 is 2.71 bits per heavy atom. The summed E-state index contributed by atoms with van der Waals surface area (Å²) in [6, 6.07) is 5.54. The minimum absolute atomic E-state index is 0.274. The Labute approximate surface area is 123 Å². The first-order valence-corrected chi connectivity index (χ1v) is 7.47. The predicted octanol–water partition coefficient (Wildman–Crippen LogP) is 4.32. The highest BCUT2D eigenvalue weighted by molar-refractivity contribution is 5.32. The molecular weight excluding hydrogens is 279 g/mol. The Balaban J connectivity index is 2.00. The number of rotatable bonds is 6. The second-order valence-electron chi connectivity index (χ2n) is 5.49. The molecule has 1 N–H and O–H groups in total. The van der Waals surface area contributed by atoms with Crippen LogP contribution in [0.25, 0.3) is 0 Å². The fourth-order valence-corrected chi connectivity index (χ4v) is 2.94. The Morgan fingerprint density at radius 1 is 1.33 bits per heavy atom. The standard InChI is InChI=1S/C16H22F3NO/c1-20-15(10-4-6-12-7-5-11-21-12)13-8-2-3-9-14(13)16(17,18)19/h2-3,8-9,12,15,20H,4-7,10-11H2,1H3. The van der Waals surface area contributed by atoms with Gasteiger partial charge in [-0.1, -0.05) is 18.2 Å². The quantitative estimate of drug-likeness (QED) is 0.845. The van der Waals surface area contributed by atoms with Crippen LogP contribution in [0, 0.1) is 0 Å². The molecular formula is C16H22F3NO. The first-order valence-electron chi connectivity index (χ1n) is 7.47. The maximum Gasteiger partial charge on any atom is 0.416 e. The van der Waals surface area contributed by atoms with Crippen molar-refractivity contribution < 1.29 is 17.9 Å². The molecule has 2 nitrogen and oxygen atoms in total. The van der Waals surface area contributed by atoms with Gasteiger partial charge in [-0.25, -0.2) is 0 Å². The second-order valence-corrected chi connectivity index (χ2v) is 5.49. The van der Waals surface area contributed by atoms with E-state index in [1.165, 1.54) is 6.07 Å². The van der Waals surface area contributed by atoms with Crippen LogP contribution in [0.1, 0.15) is 49.3 Å². The summed E-state index contributed by atoms with van der Waals surface area (Å²) in [7, 11) is 1.71. The van der Waals surface area contributed by atoms with Crippen molar-refractivity contribution in [1.29, 1.82) is 0 Å². The van der Waals surface area contributed by atoms with Gasteiger partial charge < -0.3 is 10.1 Å². The molecule has 0 aliphatic carbocycles. The van der Waals surface area contributed by atoms with Crippen molar-refractivity contribution in [2.24, 2.45) is 0 Å². The van der Waals surface area contributed by atoms with Crippen LogP contribution in [-0.4, -0.2) is 19.8 Å². The SMILES string of the molecule is CNC(CCCC1CCCO1)c1ccccc1C(F)(F)F. The van der Waals surface area contributed by atoms with Crippen molar-refractivity contribution in [1.82, 2.24) is 5.32 Å². The maximum absolute atomic E-state index is 13.1. The fourth-order valence-electron chi connectivity index (χ4n) is 2.94. The van der Waals surface area contributed by atoms with Gasteiger partial charge in [-0.05, 0) is 50.8 Å². The number of halogens is 3. The van der Waals surface area contributed by atoms with E-state index < -0.39 is 11.7 Å². The van der Waals surface area contributed by atoms with Crippen molar-refractivity contribution in [3.05, 3.63) is 35.4 Å². The van der Waals surface area contributed by atoms with Crippen LogP contribution in [0.4, 0.5) is 13.2 Å². The van der Waals surface area contributed by atoms with Crippen LogP contribution in [0.3, 0.4) is 0 Å². The van der Waals surface area contributed by atoms with Gasteiger partial charge in [-0.2, -0.15) is 13.2 Å². The van der Waals surface area contributed by atoms with E-state index in [9.17, 15) is 13.2 Å². The van der Waals surface area contributed by atoms with Crippen molar-refractivity contribution in [2.75, 3.05) is 13.7 Å². The zero-order valence-corrected chi connectivity index (χ0v) is 12.2. The molecule has 1 aliphatic rings. The molecule has 1 aromatic carbocycles. The van der Waals surface area contributed by atoms with E-state index in [-0.39, 0.29) is 6.04 Å². The maximum atomic E-state index is 13.1. The van der Waals surface area contributed by atoms with Crippen molar-refractivity contribution in [2.45, 2.75) is 50.4 Å². The highest BCUT2D eigenvalue weighted by atomic mass is 19.4. The molecule has 1 aliphatic heterocycles. The van der Waals surface area contributed by atoms with Crippen molar-refractivity contribution in [3.8, 4) is 0 Å². The molecule has 118 valence electrons. The zero-order valence-electron chi connectivity index (χ0n) is 12.2. The van der Waals surface area contributed by atoms with Gasteiger partial charge in [-0.3, -0.25) is 0 Å². The molecule has 2 atom stereocenters.